The number of hydrogen-bond acceptors (Lipinski definition) is 2. The SMILES string of the molecule is O=C1C(c2cccc(Cl)c2)=[N+]([O-])c2ccc(C(F)(F)F)cc21. The van der Waals surface area contributed by atoms with Gasteiger partial charge in [0.1, 0.15) is 5.56 Å². The molecule has 7 heteroatoms. The Morgan fingerprint density at radius 3 is 2.45 bits per heavy atom. The van der Waals surface area contributed by atoms with Crippen molar-refractivity contribution in [2.75, 3.05) is 0 Å². The Hall–Kier alpha value is -2.34. The molecule has 2 aromatic carbocycles. The maximum Gasteiger partial charge on any atom is 0.416 e. The van der Waals surface area contributed by atoms with Crippen LogP contribution in [-0.4, -0.2) is 16.2 Å². The normalized spacial score (nSPS) is 14.5. The lowest BCUT2D eigenvalue weighted by Gasteiger charge is -2.06. The molecule has 1 heterocycles. The zero-order valence-electron chi connectivity index (χ0n) is 10.8. The number of alkyl halides is 3. The highest BCUT2D eigenvalue weighted by atomic mass is 35.5. The van der Waals surface area contributed by atoms with Gasteiger partial charge >= 0.3 is 6.18 Å². The second kappa shape index (κ2) is 4.84. The topological polar surface area (TPSA) is 43.1 Å². The van der Waals surface area contributed by atoms with Gasteiger partial charge in [0.15, 0.2) is 0 Å². The van der Waals surface area contributed by atoms with Crippen LogP contribution in [0, 0.1) is 5.21 Å². The number of halogens is 4. The molecule has 0 N–H and O–H groups in total. The van der Waals surface area contributed by atoms with Crippen molar-refractivity contribution in [1.82, 2.24) is 0 Å². The largest absolute Gasteiger partial charge is 0.618 e. The van der Waals surface area contributed by atoms with Gasteiger partial charge in [-0.25, -0.2) is 0 Å². The summed E-state index contributed by atoms with van der Waals surface area (Å²) in [6.07, 6.45) is -4.58. The van der Waals surface area contributed by atoms with E-state index in [4.69, 9.17) is 11.6 Å². The molecule has 0 aliphatic carbocycles. The van der Waals surface area contributed by atoms with Crippen molar-refractivity contribution < 1.29 is 22.7 Å². The summed E-state index contributed by atoms with van der Waals surface area (Å²) in [5.74, 6) is -0.752. The van der Waals surface area contributed by atoms with Gasteiger partial charge in [-0.05, 0) is 30.3 Å². The van der Waals surface area contributed by atoms with Gasteiger partial charge in [0.05, 0.1) is 11.1 Å². The maximum absolute atomic E-state index is 12.7. The first kappa shape index (κ1) is 14.6. The molecule has 3 rings (SSSR count). The Labute approximate surface area is 127 Å². The summed E-state index contributed by atoms with van der Waals surface area (Å²) in [6.45, 7) is 0. The summed E-state index contributed by atoms with van der Waals surface area (Å²) in [6, 6.07) is 8.50. The van der Waals surface area contributed by atoms with Crippen LogP contribution in [-0.2, 0) is 6.18 Å². The summed E-state index contributed by atoms with van der Waals surface area (Å²) in [5, 5.41) is 12.5. The molecule has 0 saturated carbocycles. The van der Waals surface area contributed by atoms with Crippen molar-refractivity contribution in [2.45, 2.75) is 6.18 Å². The molecule has 2 aromatic rings. The zero-order valence-corrected chi connectivity index (χ0v) is 11.6. The number of nitrogens with zero attached hydrogens (tertiary/aromatic N) is 1. The van der Waals surface area contributed by atoms with Crippen molar-refractivity contribution >= 4 is 28.8 Å². The van der Waals surface area contributed by atoms with Crippen LogP contribution in [0.4, 0.5) is 18.9 Å². The molecule has 22 heavy (non-hydrogen) atoms. The summed E-state index contributed by atoms with van der Waals surface area (Å²) in [7, 11) is 0. The van der Waals surface area contributed by atoms with E-state index >= 15 is 0 Å². The van der Waals surface area contributed by atoms with Crippen LogP contribution in [0.25, 0.3) is 0 Å². The first-order chi connectivity index (χ1) is 10.3. The Balaban J connectivity index is 2.14. The molecular formula is C15H7ClF3NO2. The average Bonchev–Trinajstić information content (AvgIpc) is 2.69. The third-order valence-electron chi connectivity index (χ3n) is 3.30. The Bertz CT molecular complexity index is 828. The number of fused-ring (bicyclic) bond motifs is 1. The van der Waals surface area contributed by atoms with Crippen molar-refractivity contribution in [3.05, 3.63) is 69.4 Å². The highest BCUT2D eigenvalue weighted by molar-refractivity contribution is 6.52. The molecule has 0 spiro atoms. The van der Waals surface area contributed by atoms with Gasteiger partial charge in [-0.1, -0.05) is 17.7 Å². The number of carbonyl (C=O) groups excluding carboxylic acids is 1. The van der Waals surface area contributed by atoms with E-state index < -0.39 is 17.5 Å². The molecule has 0 amide bonds. The fraction of sp³-hybridized carbons (Fsp3) is 0.0667. The Morgan fingerprint density at radius 1 is 1.09 bits per heavy atom. The molecule has 112 valence electrons. The molecule has 1 aliphatic heterocycles. The Morgan fingerprint density at radius 2 is 1.82 bits per heavy atom. The van der Waals surface area contributed by atoms with E-state index in [2.05, 4.69) is 0 Å². The predicted octanol–water partition coefficient (Wildman–Crippen LogP) is 4.19. The first-order valence-electron chi connectivity index (χ1n) is 6.15. The number of ketones is 1. The minimum absolute atomic E-state index is 0.104. The lowest BCUT2D eigenvalue weighted by molar-refractivity contribution is -0.355. The molecular weight excluding hydrogens is 319 g/mol. The second-order valence-electron chi connectivity index (χ2n) is 4.71. The van der Waals surface area contributed by atoms with Crippen LogP contribution in [0.15, 0.2) is 42.5 Å². The highest BCUT2D eigenvalue weighted by Gasteiger charge is 2.40. The minimum atomic E-state index is -4.58. The molecule has 0 unspecified atom stereocenters. The summed E-state index contributed by atoms with van der Waals surface area (Å²) >= 11 is 5.82. The number of rotatable bonds is 1. The monoisotopic (exact) mass is 325 g/mol. The fourth-order valence-corrected chi connectivity index (χ4v) is 2.49. The van der Waals surface area contributed by atoms with Gasteiger partial charge < -0.3 is 5.21 Å². The molecule has 0 fully saturated rings. The number of benzene rings is 2. The molecule has 0 radical (unpaired) electrons. The standard InChI is InChI=1S/C15H7ClF3NO2/c16-10-3-1-2-8(6-10)13-14(21)11-7-9(15(17,18)19)4-5-12(11)20(13)22/h1-7H. The number of Topliss-reactive ketones (excluding diaryl/α,β-unsaturated/α-hetero) is 1. The predicted molar refractivity (Wildman–Crippen MR) is 74.6 cm³/mol. The minimum Gasteiger partial charge on any atom is -0.618 e. The molecule has 3 nitrogen and oxygen atoms in total. The molecule has 1 aliphatic rings. The van der Waals surface area contributed by atoms with Crippen molar-refractivity contribution in [3.8, 4) is 0 Å². The highest BCUT2D eigenvalue weighted by Crippen LogP contribution is 2.35. The van der Waals surface area contributed by atoms with Crippen LogP contribution in [0.3, 0.4) is 0 Å². The van der Waals surface area contributed by atoms with E-state index in [1.807, 2.05) is 0 Å². The van der Waals surface area contributed by atoms with Crippen LogP contribution >= 0.6 is 11.6 Å². The zero-order chi connectivity index (χ0) is 16.1. The lowest BCUT2D eigenvalue weighted by Crippen LogP contribution is -2.16. The third-order valence-corrected chi connectivity index (χ3v) is 3.54. The second-order valence-corrected chi connectivity index (χ2v) is 5.15. The smallest absolute Gasteiger partial charge is 0.416 e. The van der Waals surface area contributed by atoms with Crippen LogP contribution in [0.1, 0.15) is 21.5 Å². The van der Waals surface area contributed by atoms with Crippen molar-refractivity contribution in [2.24, 2.45) is 0 Å². The summed E-state index contributed by atoms with van der Waals surface area (Å²) in [5.41, 5.74) is -1.32. The van der Waals surface area contributed by atoms with E-state index in [9.17, 15) is 23.2 Å². The van der Waals surface area contributed by atoms with E-state index in [1.165, 1.54) is 12.1 Å². The van der Waals surface area contributed by atoms with Gasteiger partial charge in [-0.15, -0.1) is 0 Å². The van der Waals surface area contributed by atoms with Gasteiger partial charge in [-0.3, -0.25) is 4.79 Å². The number of carbonyl (C=O) groups is 1. The van der Waals surface area contributed by atoms with E-state index in [1.54, 1.807) is 12.1 Å². The fourth-order valence-electron chi connectivity index (χ4n) is 2.30. The van der Waals surface area contributed by atoms with Crippen LogP contribution in [0.5, 0.6) is 0 Å². The van der Waals surface area contributed by atoms with Gasteiger partial charge in [0.25, 0.3) is 11.5 Å². The quantitative estimate of drug-likeness (QED) is 0.583. The average molecular weight is 326 g/mol. The van der Waals surface area contributed by atoms with Crippen molar-refractivity contribution in [3.63, 3.8) is 0 Å². The molecule has 0 saturated heterocycles. The van der Waals surface area contributed by atoms with Crippen molar-refractivity contribution in [1.29, 1.82) is 0 Å². The van der Waals surface area contributed by atoms with Crippen LogP contribution < -0.4 is 0 Å². The van der Waals surface area contributed by atoms with E-state index in [0.717, 1.165) is 12.1 Å². The van der Waals surface area contributed by atoms with E-state index in [0.29, 0.717) is 15.8 Å². The first-order valence-corrected chi connectivity index (χ1v) is 6.53. The Kier molecular flexibility index (Phi) is 3.21. The van der Waals surface area contributed by atoms with E-state index in [-0.39, 0.29) is 22.5 Å². The third kappa shape index (κ3) is 2.25. The van der Waals surface area contributed by atoms with Gasteiger partial charge in [-0.2, -0.15) is 17.9 Å². The number of hydrogen-bond donors (Lipinski definition) is 0. The van der Waals surface area contributed by atoms with Gasteiger partial charge in [0, 0.05) is 11.1 Å². The summed E-state index contributed by atoms with van der Waals surface area (Å²) in [4.78, 5) is 12.3. The molecule has 0 bridgehead atoms. The summed E-state index contributed by atoms with van der Waals surface area (Å²) < 4.78 is 38.5. The molecule has 0 atom stereocenters. The molecule has 0 aromatic heterocycles. The lowest BCUT2D eigenvalue weighted by atomic mass is 10.0. The van der Waals surface area contributed by atoms with Crippen LogP contribution in [0.2, 0.25) is 5.02 Å². The van der Waals surface area contributed by atoms with Gasteiger partial charge in [0.2, 0.25) is 5.69 Å². The maximum atomic E-state index is 12.7.